The molecule has 0 fully saturated rings. The summed E-state index contributed by atoms with van der Waals surface area (Å²) >= 11 is 0. The van der Waals surface area contributed by atoms with Crippen LogP contribution in [0.15, 0.2) is 29.3 Å². The average molecular weight is 285 g/mol. The summed E-state index contributed by atoms with van der Waals surface area (Å²) in [5.41, 5.74) is 0. The number of aryl methyl sites for hydroxylation is 2. The lowest BCUT2D eigenvalue weighted by atomic mass is 10.5. The molecule has 0 aliphatic heterocycles. The maximum atomic E-state index is 4.96. The third-order valence-electron chi connectivity index (χ3n) is 3.02. The molecule has 108 valence electrons. The molecule has 3 heterocycles. The van der Waals surface area contributed by atoms with Gasteiger partial charge in [0.1, 0.15) is 11.6 Å². The summed E-state index contributed by atoms with van der Waals surface area (Å²) in [6, 6.07) is 0. The first-order chi connectivity index (χ1) is 10.1. The zero-order valence-corrected chi connectivity index (χ0v) is 12.1. The molecule has 0 saturated heterocycles. The first-order valence-electron chi connectivity index (χ1n) is 6.46. The van der Waals surface area contributed by atoms with Gasteiger partial charge in [0.2, 0.25) is 5.89 Å². The number of hydrogen-bond acceptors (Lipinski definition) is 7. The molecular formula is C13H15N7O. The highest BCUT2D eigenvalue weighted by molar-refractivity contribution is 5.39. The number of nitrogens with zero attached hydrogens (tertiary/aromatic N) is 7. The van der Waals surface area contributed by atoms with Crippen molar-refractivity contribution in [2.75, 3.05) is 11.9 Å². The second-order valence-corrected chi connectivity index (χ2v) is 4.67. The molecule has 0 spiro atoms. The van der Waals surface area contributed by atoms with E-state index in [9.17, 15) is 0 Å². The molecule has 0 unspecified atom stereocenters. The van der Waals surface area contributed by atoms with Crippen LogP contribution >= 0.6 is 0 Å². The largest absolute Gasteiger partial charge is 0.351 e. The lowest BCUT2D eigenvalue weighted by Gasteiger charge is -2.16. The third-order valence-corrected chi connectivity index (χ3v) is 3.02. The molecule has 3 aromatic rings. The average Bonchev–Trinajstić information content (AvgIpc) is 3.07. The van der Waals surface area contributed by atoms with Crippen LogP contribution < -0.4 is 4.90 Å². The van der Waals surface area contributed by atoms with Gasteiger partial charge in [-0.05, 0) is 6.92 Å². The van der Waals surface area contributed by atoms with Crippen molar-refractivity contribution in [3.63, 3.8) is 0 Å². The van der Waals surface area contributed by atoms with Crippen LogP contribution in [0.1, 0.15) is 17.5 Å². The van der Waals surface area contributed by atoms with Crippen molar-refractivity contribution in [2.24, 2.45) is 0 Å². The van der Waals surface area contributed by atoms with E-state index in [0.29, 0.717) is 18.3 Å². The predicted molar refractivity (Wildman–Crippen MR) is 75.0 cm³/mol. The van der Waals surface area contributed by atoms with Gasteiger partial charge in [0.05, 0.1) is 18.9 Å². The van der Waals surface area contributed by atoms with Gasteiger partial charge in [0.15, 0.2) is 11.6 Å². The van der Waals surface area contributed by atoms with Crippen LogP contribution in [0.3, 0.4) is 0 Å². The molecule has 0 aliphatic rings. The smallest absolute Gasteiger partial charge is 0.223 e. The summed E-state index contributed by atoms with van der Waals surface area (Å²) in [6.45, 7) is 4.18. The van der Waals surface area contributed by atoms with Crippen LogP contribution in [0.2, 0.25) is 0 Å². The van der Waals surface area contributed by atoms with Crippen molar-refractivity contribution in [3.8, 4) is 5.82 Å². The Kier molecular flexibility index (Phi) is 3.35. The summed E-state index contributed by atoms with van der Waals surface area (Å²) < 4.78 is 6.84. The van der Waals surface area contributed by atoms with E-state index in [1.165, 1.54) is 0 Å². The molecular weight excluding hydrogens is 270 g/mol. The first kappa shape index (κ1) is 13.2. The van der Waals surface area contributed by atoms with E-state index in [2.05, 4.69) is 25.1 Å². The lowest BCUT2D eigenvalue weighted by Crippen LogP contribution is -2.19. The van der Waals surface area contributed by atoms with Gasteiger partial charge in [-0.1, -0.05) is 5.16 Å². The minimum Gasteiger partial charge on any atom is -0.351 e. The molecule has 8 nitrogen and oxygen atoms in total. The van der Waals surface area contributed by atoms with E-state index >= 15 is 0 Å². The maximum Gasteiger partial charge on any atom is 0.223 e. The fourth-order valence-electron chi connectivity index (χ4n) is 1.96. The van der Waals surface area contributed by atoms with Gasteiger partial charge < -0.3 is 9.42 Å². The molecule has 3 rings (SSSR count). The molecule has 0 atom stereocenters. The van der Waals surface area contributed by atoms with Crippen molar-refractivity contribution >= 4 is 5.82 Å². The fraction of sp³-hybridized carbons (Fsp3) is 0.308. The SMILES string of the molecule is Cc1nc(CN(C)c2cncc(-n3ccnc3C)n2)no1. The maximum absolute atomic E-state index is 4.96. The minimum absolute atomic E-state index is 0.498. The van der Waals surface area contributed by atoms with E-state index in [4.69, 9.17) is 4.52 Å². The Hall–Kier alpha value is -2.77. The van der Waals surface area contributed by atoms with E-state index in [-0.39, 0.29) is 0 Å². The minimum atomic E-state index is 0.498. The zero-order chi connectivity index (χ0) is 14.8. The zero-order valence-electron chi connectivity index (χ0n) is 12.1. The van der Waals surface area contributed by atoms with E-state index in [1.54, 1.807) is 25.5 Å². The Morgan fingerprint density at radius 1 is 1.24 bits per heavy atom. The highest BCUT2D eigenvalue weighted by Crippen LogP contribution is 2.13. The predicted octanol–water partition coefficient (Wildman–Crippen LogP) is 1.30. The second kappa shape index (κ2) is 5.31. The third kappa shape index (κ3) is 2.73. The van der Waals surface area contributed by atoms with Crippen LogP contribution in [0.25, 0.3) is 5.82 Å². The Bertz CT molecular complexity index is 748. The summed E-state index contributed by atoms with van der Waals surface area (Å²) in [4.78, 5) is 19.1. The number of aromatic nitrogens is 6. The molecule has 0 bridgehead atoms. The fourth-order valence-corrected chi connectivity index (χ4v) is 1.96. The standard InChI is InChI=1S/C13H15N7O/c1-9-15-4-5-20(9)13-7-14-6-12(17-13)19(3)8-11-16-10(2)21-18-11/h4-7H,8H2,1-3H3. The lowest BCUT2D eigenvalue weighted by molar-refractivity contribution is 0.387. The van der Waals surface area contributed by atoms with Crippen LogP contribution in [0.5, 0.6) is 0 Å². The number of imidazole rings is 1. The van der Waals surface area contributed by atoms with Crippen LogP contribution in [0.4, 0.5) is 5.82 Å². The summed E-state index contributed by atoms with van der Waals surface area (Å²) in [6.07, 6.45) is 6.98. The Morgan fingerprint density at radius 2 is 2.10 bits per heavy atom. The highest BCUT2D eigenvalue weighted by atomic mass is 16.5. The quantitative estimate of drug-likeness (QED) is 0.714. The van der Waals surface area contributed by atoms with E-state index < -0.39 is 0 Å². The van der Waals surface area contributed by atoms with Gasteiger partial charge in [-0.15, -0.1) is 0 Å². The Balaban J connectivity index is 1.84. The van der Waals surface area contributed by atoms with Crippen molar-refractivity contribution in [3.05, 3.63) is 42.3 Å². The Labute approximate surface area is 121 Å². The molecule has 0 aromatic carbocycles. The summed E-state index contributed by atoms with van der Waals surface area (Å²) in [5.74, 6) is 3.47. The number of rotatable bonds is 4. The molecule has 8 heteroatoms. The van der Waals surface area contributed by atoms with Crippen LogP contribution in [0, 0.1) is 13.8 Å². The van der Waals surface area contributed by atoms with Gasteiger partial charge in [-0.2, -0.15) is 4.98 Å². The van der Waals surface area contributed by atoms with Crippen LogP contribution in [-0.2, 0) is 6.54 Å². The summed E-state index contributed by atoms with van der Waals surface area (Å²) in [7, 11) is 1.90. The summed E-state index contributed by atoms with van der Waals surface area (Å²) in [5, 5.41) is 3.88. The topological polar surface area (TPSA) is 85.8 Å². The second-order valence-electron chi connectivity index (χ2n) is 4.67. The van der Waals surface area contributed by atoms with Gasteiger partial charge in [-0.25, -0.2) is 9.97 Å². The van der Waals surface area contributed by atoms with Crippen molar-refractivity contribution in [1.29, 1.82) is 0 Å². The van der Waals surface area contributed by atoms with Crippen LogP contribution in [-0.4, -0.2) is 36.7 Å². The first-order valence-corrected chi connectivity index (χ1v) is 6.46. The van der Waals surface area contributed by atoms with E-state index in [0.717, 1.165) is 17.5 Å². The molecule has 0 N–H and O–H groups in total. The molecule has 0 amide bonds. The normalized spacial score (nSPS) is 10.8. The van der Waals surface area contributed by atoms with Crippen molar-refractivity contribution in [2.45, 2.75) is 20.4 Å². The molecule has 21 heavy (non-hydrogen) atoms. The monoisotopic (exact) mass is 285 g/mol. The van der Waals surface area contributed by atoms with E-state index in [1.807, 2.05) is 29.6 Å². The number of anilines is 1. The van der Waals surface area contributed by atoms with Gasteiger partial charge in [-0.3, -0.25) is 9.55 Å². The Morgan fingerprint density at radius 3 is 2.76 bits per heavy atom. The van der Waals surface area contributed by atoms with Gasteiger partial charge in [0.25, 0.3) is 0 Å². The molecule has 0 saturated carbocycles. The van der Waals surface area contributed by atoms with Gasteiger partial charge in [0, 0.05) is 26.4 Å². The van der Waals surface area contributed by atoms with Crippen molar-refractivity contribution < 1.29 is 4.52 Å². The van der Waals surface area contributed by atoms with Gasteiger partial charge >= 0.3 is 0 Å². The number of hydrogen-bond donors (Lipinski definition) is 0. The molecule has 3 aromatic heterocycles. The molecule has 0 radical (unpaired) electrons. The molecule has 0 aliphatic carbocycles. The van der Waals surface area contributed by atoms with Crippen molar-refractivity contribution in [1.82, 2.24) is 29.7 Å². The highest BCUT2D eigenvalue weighted by Gasteiger charge is 2.10.